The van der Waals surface area contributed by atoms with Crippen LogP contribution in [0.4, 0.5) is 4.39 Å². The van der Waals surface area contributed by atoms with E-state index in [4.69, 9.17) is 17.3 Å². The third-order valence-corrected chi connectivity index (χ3v) is 4.11. The Hall–Kier alpha value is -0.800. The molecule has 3 N–H and O–H groups in total. The van der Waals surface area contributed by atoms with Gasteiger partial charge in [-0.05, 0) is 24.5 Å². The van der Waals surface area contributed by atoms with Crippen LogP contribution < -0.4 is 5.73 Å². The Morgan fingerprint density at radius 1 is 1.29 bits per heavy atom. The summed E-state index contributed by atoms with van der Waals surface area (Å²) >= 11 is 5.87. The van der Waals surface area contributed by atoms with Gasteiger partial charge in [0.05, 0.1) is 5.02 Å². The van der Waals surface area contributed by atoms with Gasteiger partial charge < -0.3 is 10.8 Å². The number of hydrogen-bond acceptors (Lipinski definition) is 2. The van der Waals surface area contributed by atoms with Crippen molar-refractivity contribution >= 4 is 11.6 Å². The molecule has 0 aliphatic heterocycles. The van der Waals surface area contributed by atoms with Crippen molar-refractivity contribution in [1.29, 1.82) is 0 Å². The van der Waals surface area contributed by atoms with Crippen molar-refractivity contribution in [3.05, 3.63) is 28.5 Å². The zero-order chi connectivity index (χ0) is 12.5. The highest BCUT2D eigenvalue weighted by molar-refractivity contribution is 6.32. The van der Waals surface area contributed by atoms with Crippen LogP contribution in [0.3, 0.4) is 0 Å². The molecule has 1 aromatic rings. The summed E-state index contributed by atoms with van der Waals surface area (Å²) in [6.07, 6.45) is 5.09. The van der Waals surface area contributed by atoms with Crippen LogP contribution in [0.2, 0.25) is 5.02 Å². The normalized spacial score (nSPS) is 19.2. The summed E-state index contributed by atoms with van der Waals surface area (Å²) in [4.78, 5) is 0. The third-order valence-electron chi connectivity index (χ3n) is 3.81. The zero-order valence-electron chi connectivity index (χ0n) is 9.68. The molecule has 1 aromatic carbocycles. The molecule has 1 aliphatic rings. The molecule has 0 radical (unpaired) electrons. The number of halogens is 2. The average molecular weight is 258 g/mol. The second-order valence-electron chi connectivity index (χ2n) is 4.83. The topological polar surface area (TPSA) is 46.2 Å². The molecule has 1 aliphatic carbocycles. The summed E-state index contributed by atoms with van der Waals surface area (Å²) in [6, 6.07) is 2.62. The molecule has 2 rings (SSSR count). The predicted octanol–water partition coefficient (Wildman–Crippen LogP) is 3.35. The Balaban J connectivity index is 2.46. The Morgan fingerprint density at radius 3 is 2.53 bits per heavy atom. The molecule has 0 atom stereocenters. The molecule has 94 valence electrons. The van der Waals surface area contributed by atoms with E-state index in [9.17, 15) is 9.50 Å². The lowest BCUT2D eigenvalue weighted by Gasteiger charge is -2.37. The van der Waals surface area contributed by atoms with Gasteiger partial charge in [-0.1, -0.05) is 30.9 Å². The van der Waals surface area contributed by atoms with E-state index in [1.165, 1.54) is 12.5 Å². The molecule has 17 heavy (non-hydrogen) atoms. The molecular weight excluding hydrogens is 241 g/mol. The van der Waals surface area contributed by atoms with Crippen molar-refractivity contribution in [2.75, 3.05) is 6.54 Å². The second-order valence-corrected chi connectivity index (χ2v) is 5.24. The number of hydrogen-bond donors (Lipinski definition) is 2. The van der Waals surface area contributed by atoms with Gasteiger partial charge >= 0.3 is 0 Å². The largest absolute Gasteiger partial charge is 0.506 e. The van der Waals surface area contributed by atoms with Gasteiger partial charge in [-0.25, -0.2) is 4.39 Å². The Morgan fingerprint density at radius 2 is 1.94 bits per heavy atom. The highest BCUT2D eigenvalue weighted by Crippen LogP contribution is 2.42. The zero-order valence-corrected chi connectivity index (χ0v) is 10.4. The summed E-state index contributed by atoms with van der Waals surface area (Å²) in [5, 5.41) is 9.57. The van der Waals surface area contributed by atoms with Crippen molar-refractivity contribution in [2.45, 2.75) is 37.5 Å². The number of rotatable bonds is 2. The first-order chi connectivity index (χ1) is 8.09. The fourth-order valence-electron chi connectivity index (χ4n) is 2.75. The van der Waals surface area contributed by atoms with Crippen molar-refractivity contribution in [1.82, 2.24) is 0 Å². The lowest BCUT2D eigenvalue weighted by Crippen LogP contribution is -2.38. The maximum Gasteiger partial charge on any atom is 0.137 e. The molecule has 0 amide bonds. The van der Waals surface area contributed by atoms with Gasteiger partial charge in [-0.2, -0.15) is 0 Å². The van der Waals surface area contributed by atoms with Gasteiger partial charge in [0.2, 0.25) is 0 Å². The van der Waals surface area contributed by atoms with Crippen LogP contribution >= 0.6 is 11.6 Å². The first-order valence-corrected chi connectivity index (χ1v) is 6.35. The van der Waals surface area contributed by atoms with E-state index in [1.54, 1.807) is 0 Å². The van der Waals surface area contributed by atoms with Crippen molar-refractivity contribution in [3.8, 4) is 5.75 Å². The van der Waals surface area contributed by atoms with E-state index in [0.29, 0.717) is 12.1 Å². The van der Waals surface area contributed by atoms with E-state index in [2.05, 4.69) is 0 Å². The van der Waals surface area contributed by atoms with Gasteiger partial charge in [0.1, 0.15) is 11.6 Å². The van der Waals surface area contributed by atoms with Crippen molar-refractivity contribution < 1.29 is 9.50 Å². The minimum Gasteiger partial charge on any atom is -0.506 e. The molecule has 0 saturated heterocycles. The first-order valence-electron chi connectivity index (χ1n) is 5.98. The maximum absolute atomic E-state index is 14.0. The minimum absolute atomic E-state index is 0.194. The van der Waals surface area contributed by atoms with Crippen LogP contribution in [0.1, 0.15) is 37.7 Å². The monoisotopic (exact) mass is 257 g/mol. The molecule has 0 heterocycles. The van der Waals surface area contributed by atoms with Gasteiger partial charge in [0.25, 0.3) is 0 Å². The average Bonchev–Trinajstić information content (AvgIpc) is 2.34. The quantitative estimate of drug-likeness (QED) is 0.854. The third kappa shape index (κ3) is 2.26. The fourth-order valence-corrected chi connectivity index (χ4v) is 2.92. The second kappa shape index (κ2) is 4.83. The minimum atomic E-state index is -0.403. The van der Waals surface area contributed by atoms with Crippen LogP contribution in [-0.4, -0.2) is 11.7 Å². The lowest BCUT2D eigenvalue weighted by molar-refractivity contribution is 0.291. The number of phenolic OH excluding ortho intramolecular Hbond substituents is 1. The number of nitrogens with two attached hydrogens (primary N) is 1. The molecule has 0 aromatic heterocycles. The van der Waals surface area contributed by atoms with Crippen LogP contribution in [0, 0.1) is 5.82 Å². The maximum atomic E-state index is 14.0. The van der Waals surface area contributed by atoms with Crippen molar-refractivity contribution in [3.63, 3.8) is 0 Å². The molecule has 0 unspecified atom stereocenters. The van der Waals surface area contributed by atoms with Gasteiger partial charge in [0.15, 0.2) is 0 Å². The van der Waals surface area contributed by atoms with E-state index in [1.807, 2.05) is 0 Å². The standard InChI is InChI=1S/C13H17ClFNO/c14-10-6-9(11(15)7-12(10)17)13(8-16)4-2-1-3-5-13/h6-7,17H,1-5,8,16H2. The Kier molecular flexibility index (Phi) is 3.59. The summed E-state index contributed by atoms with van der Waals surface area (Å²) in [6.45, 7) is 0.422. The Labute approximate surface area is 106 Å². The first kappa shape index (κ1) is 12.7. The SMILES string of the molecule is NCC1(c2cc(Cl)c(O)cc2F)CCCCC1. The van der Waals surface area contributed by atoms with Crippen LogP contribution in [0.25, 0.3) is 0 Å². The van der Waals surface area contributed by atoms with E-state index >= 15 is 0 Å². The summed E-state index contributed by atoms with van der Waals surface area (Å²) in [7, 11) is 0. The number of phenols is 1. The predicted molar refractivity (Wildman–Crippen MR) is 66.9 cm³/mol. The van der Waals surface area contributed by atoms with Gasteiger partial charge in [-0.15, -0.1) is 0 Å². The summed E-state index contributed by atoms with van der Waals surface area (Å²) in [5.41, 5.74) is 6.11. The van der Waals surface area contributed by atoms with E-state index < -0.39 is 5.82 Å². The van der Waals surface area contributed by atoms with E-state index in [-0.39, 0.29) is 16.2 Å². The highest BCUT2D eigenvalue weighted by atomic mass is 35.5. The molecule has 1 fully saturated rings. The van der Waals surface area contributed by atoms with Crippen LogP contribution in [-0.2, 0) is 5.41 Å². The summed E-state index contributed by atoms with van der Waals surface area (Å²) < 4.78 is 14.0. The Bertz CT molecular complexity index is 416. The van der Waals surface area contributed by atoms with Crippen LogP contribution in [0.5, 0.6) is 5.75 Å². The van der Waals surface area contributed by atoms with Gasteiger partial charge in [-0.3, -0.25) is 0 Å². The molecule has 0 bridgehead atoms. The molecular formula is C13H17ClFNO. The van der Waals surface area contributed by atoms with Crippen LogP contribution in [0.15, 0.2) is 12.1 Å². The smallest absolute Gasteiger partial charge is 0.137 e. The molecule has 1 saturated carbocycles. The van der Waals surface area contributed by atoms with Crippen molar-refractivity contribution in [2.24, 2.45) is 5.73 Å². The fraction of sp³-hybridized carbons (Fsp3) is 0.538. The highest BCUT2D eigenvalue weighted by Gasteiger charge is 2.35. The summed E-state index contributed by atoms with van der Waals surface area (Å²) in [5.74, 6) is -0.616. The number of aromatic hydroxyl groups is 1. The number of benzene rings is 1. The molecule has 0 spiro atoms. The molecule has 4 heteroatoms. The van der Waals surface area contributed by atoms with Gasteiger partial charge in [0, 0.05) is 18.0 Å². The van der Waals surface area contributed by atoms with E-state index in [0.717, 1.165) is 31.7 Å². The molecule has 2 nitrogen and oxygen atoms in total. The lowest BCUT2D eigenvalue weighted by atomic mass is 9.69.